The first-order valence-electron chi connectivity index (χ1n) is 8.43. The smallest absolute Gasteiger partial charge is 0.407 e. The fraction of sp³-hybridized carbons (Fsp3) is 0.333. The van der Waals surface area contributed by atoms with Gasteiger partial charge in [0.15, 0.2) is 11.5 Å². The lowest BCUT2D eigenvalue weighted by Crippen LogP contribution is -2.30. The van der Waals surface area contributed by atoms with Gasteiger partial charge < -0.3 is 30.7 Å². The van der Waals surface area contributed by atoms with Gasteiger partial charge in [0.1, 0.15) is 12.7 Å². The molecule has 0 saturated heterocycles. The lowest BCUT2D eigenvalue weighted by atomic mass is 10.1. The average molecular weight is 390 g/mol. The maximum absolute atomic E-state index is 11.7. The molecular weight excluding hydrogens is 368 g/mol. The number of benzene rings is 1. The first-order chi connectivity index (χ1) is 13.4. The van der Waals surface area contributed by atoms with Gasteiger partial charge >= 0.3 is 12.1 Å². The molecule has 1 aromatic heterocycles. The van der Waals surface area contributed by atoms with Crippen LogP contribution in [0.5, 0.6) is 0 Å². The Kier molecular flexibility index (Phi) is 7.66. The Morgan fingerprint density at radius 1 is 1.25 bits per heavy atom. The van der Waals surface area contributed by atoms with Crippen LogP contribution in [0.2, 0.25) is 0 Å². The van der Waals surface area contributed by atoms with Crippen LogP contribution in [0.1, 0.15) is 34.3 Å². The van der Waals surface area contributed by atoms with Gasteiger partial charge in [-0.15, -0.1) is 0 Å². The van der Waals surface area contributed by atoms with E-state index in [0.29, 0.717) is 0 Å². The SMILES string of the molecule is COC(=O)c1nc(C(O)C(O)CCNC(=O)OCc2ccccc2)cnc1N. The fourth-order valence-electron chi connectivity index (χ4n) is 2.25. The van der Waals surface area contributed by atoms with Crippen LogP contribution in [-0.4, -0.2) is 52.0 Å². The number of alkyl carbamates (subject to hydrolysis) is 1. The molecule has 0 saturated carbocycles. The van der Waals surface area contributed by atoms with Crippen LogP contribution in [-0.2, 0) is 16.1 Å². The van der Waals surface area contributed by atoms with Crippen LogP contribution in [0.3, 0.4) is 0 Å². The molecule has 2 aromatic rings. The van der Waals surface area contributed by atoms with E-state index in [-0.39, 0.29) is 36.8 Å². The van der Waals surface area contributed by atoms with Crippen molar-refractivity contribution in [1.82, 2.24) is 15.3 Å². The molecule has 2 unspecified atom stereocenters. The van der Waals surface area contributed by atoms with Gasteiger partial charge in [-0.05, 0) is 12.0 Å². The summed E-state index contributed by atoms with van der Waals surface area (Å²) in [6.07, 6.45) is -2.18. The third kappa shape index (κ3) is 5.89. The predicted octanol–water partition coefficient (Wildman–Crippen LogP) is 0.556. The van der Waals surface area contributed by atoms with E-state index in [1.807, 2.05) is 30.3 Å². The number of aromatic nitrogens is 2. The number of nitrogens with zero attached hydrogens (tertiary/aromatic N) is 2. The number of nitrogens with one attached hydrogen (secondary N) is 1. The van der Waals surface area contributed by atoms with E-state index >= 15 is 0 Å². The van der Waals surface area contributed by atoms with Crippen LogP contribution in [0.25, 0.3) is 0 Å². The molecule has 5 N–H and O–H groups in total. The van der Waals surface area contributed by atoms with Crippen LogP contribution in [0.15, 0.2) is 36.5 Å². The van der Waals surface area contributed by atoms with Crippen LogP contribution in [0, 0.1) is 0 Å². The zero-order valence-corrected chi connectivity index (χ0v) is 15.2. The summed E-state index contributed by atoms with van der Waals surface area (Å²) in [6.45, 7) is 0.174. The van der Waals surface area contributed by atoms with Crippen molar-refractivity contribution in [2.24, 2.45) is 0 Å². The van der Waals surface area contributed by atoms with E-state index in [0.717, 1.165) is 18.9 Å². The molecule has 10 heteroatoms. The second-order valence-corrected chi connectivity index (χ2v) is 5.81. The molecule has 28 heavy (non-hydrogen) atoms. The summed E-state index contributed by atoms with van der Waals surface area (Å²) >= 11 is 0. The van der Waals surface area contributed by atoms with Crippen molar-refractivity contribution in [2.75, 3.05) is 19.4 Å². The molecule has 1 aromatic carbocycles. The van der Waals surface area contributed by atoms with Crippen LogP contribution in [0.4, 0.5) is 10.6 Å². The van der Waals surface area contributed by atoms with E-state index in [1.165, 1.54) is 0 Å². The molecule has 0 fully saturated rings. The third-order valence-corrected chi connectivity index (χ3v) is 3.79. The highest BCUT2D eigenvalue weighted by Gasteiger charge is 2.23. The number of aliphatic hydroxyl groups excluding tert-OH is 2. The molecule has 1 heterocycles. The number of methoxy groups -OCH3 is 1. The number of anilines is 1. The molecule has 150 valence electrons. The largest absolute Gasteiger partial charge is 0.464 e. The fourth-order valence-corrected chi connectivity index (χ4v) is 2.25. The van der Waals surface area contributed by atoms with Crippen molar-refractivity contribution in [3.63, 3.8) is 0 Å². The quantitative estimate of drug-likeness (QED) is 0.473. The molecule has 0 bridgehead atoms. The van der Waals surface area contributed by atoms with Crippen molar-refractivity contribution in [2.45, 2.75) is 25.2 Å². The highest BCUT2D eigenvalue weighted by molar-refractivity contribution is 5.91. The summed E-state index contributed by atoms with van der Waals surface area (Å²) in [4.78, 5) is 30.9. The Morgan fingerprint density at radius 3 is 2.64 bits per heavy atom. The van der Waals surface area contributed by atoms with Gasteiger partial charge in [-0.3, -0.25) is 0 Å². The highest BCUT2D eigenvalue weighted by Crippen LogP contribution is 2.18. The molecule has 1 amide bonds. The number of carbonyl (C=O) groups is 2. The number of nitrogen functional groups attached to an aromatic ring is 1. The molecule has 10 nitrogen and oxygen atoms in total. The summed E-state index contributed by atoms with van der Waals surface area (Å²) in [5.74, 6) is -0.962. The van der Waals surface area contributed by atoms with E-state index in [4.69, 9.17) is 10.5 Å². The standard InChI is InChI=1S/C18H22N4O6/c1-27-17(25)14-16(19)21-9-12(22-14)15(24)13(23)7-8-20-18(26)28-10-11-5-3-2-4-6-11/h2-6,9,13,15,23-24H,7-8,10H2,1H3,(H2,19,21)(H,20,26). The summed E-state index contributed by atoms with van der Waals surface area (Å²) in [7, 11) is 1.16. The lowest BCUT2D eigenvalue weighted by molar-refractivity contribution is 0.0107. The molecule has 0 radical (unpaired) electrons. The number of esters is 1. The number of carbonyl (C=O) groups excluding carboxylic acids is 2. The van der Waals surface area contributed by atoms with Gasteiger partial charge in [0.05, 0.1) is 25.1 Å². The molecule has 0 spiro atoms. The number of ether oxygens (including phenoxy) is 2. The Hall–Kier alpha value is -3.24. The van der Waals surface area contributed by atoms with E-state index in [9.17, 15) is 19.8 Å². The minimum Gasteiger partial charge on any atom is -0.464 e. The van der Waals surface area contributed by atoms with Crippen molar-refractivity contribution >= 4 is 17.9 Å². The van der Waals surface area contributed by atoms with Gasteiger partial charge in [-0.25, -0.2) is 19.6 Å². The number of nitrogens with two attached hydrogens (primary N) is 1. The second kappa shape index (κ2) is 10.2. The van der Waals surface area contributed by atoms with Crippen LogP contribution >= 0.6 is 0 Å². The number of hydrogen-bond donors (Lipinski definition) is 4. The first-order valence-corrected chi connectivity index (χ1v) is 8.43. The van der Waals surface area contributed by atoms with Crippen molar-refractivity contribution in [3.05, 3.63) is 53.5 Å². The zero-order chi connectivity index (χ0) is 20.5. The Labute approximate surface area is 161 Å². The van der Waals surface area contributed by atoms with E-state index in [2.05, 4.69) is 20.0 Å². The first kappa shape index (κ1) is 21.1. The zero-order valence-electron chi connectivity index (χ0n) is 15.2. The van der Waals surface area contributed by atoms with E-state index < -0.39 is 24.3 Å². The summed E-state index contributed by atoms with van der Waals surface area (Å²) < 4.78 is 9.57. The minimum absolute atomic E-state index is 0.0151. The Morgan fingerprint density at radius 2 is 1.96 bits per heavy atom. The van der Waals surface area contributed by atoms with Gasteiger partial charge in [0.25, 0.3) is 0 Å². The maximum Gasteiger partial charge on any atom is 0.407 e. The van der Waals surface area contributed by atoms with Crippen LogP contribution < -0.4 is 11.1 Å². The van der Waals surface area contributed by atoms with Gasteiger partial charge in [0, 0.05) is 6.54 Å². The molecule has 0 aliphatic carbocycles. The molecule has 0 aliphatic rings. The number of aliphatic hydroxyl groups is 2. The number of amides is 1. The average Bonchev–Trinajstić information content (AvgIpc) is 2.72. The number of hydrogen-bond acceptors (Lipinski definition) is 9. The summed E-state index contributed by atoms with van der Waals surface area (Å²) in [5.41, 5.74) is 6.09. The van der Waals surface area contributed by atoms with Crippen molar-refractivity contribution in [1.29, 1.82) is 0 Å². The Bertz CT molecular complexity index is 802. The summed E-state index contributed by atoms with van der Waals surface area (Å²) in [5, 5.41) is 22.8. The van der Waals surface area contributed by atoms with Gasteiger partial charge in [0.2, 0.25) is 0 Å². The predicted molar refractivity (Wildman–Crippen MR) is 98.0 cm³/mol. The second-order valence-electron chi connectivity index (χ2n) is 5.81. The van der Waals surface area contributed by atoms with Crippen molar-refractivity contribution in [3.8, 4) is 0 Å². The molecule has 2 rings (SSSR count). The molecule has 2 atom stereocenters. The highest BCUT2D eigenvalue weighted by atomic mass is 16.5. The normalized spacial score (nSPS) is 12.7. The van der Waals surface area contributed by atoms with Crippen molar-refractivity contribution < 1.29 is 29.3 Å². The maximum atomic E-state index is 11.7. The summed E-state index contributed by atoms with van der Waals surface area (Å²) in [6, 6.07) is 9.17. The molecular formula is C18H22N4O6. The molecule has 0 aliphatic heterocycles. The minimum atomic E-state index is -1.43. The lowest BCUT2D eigenvalue weighted by Gasteiger charge is -2.18. The van der Waals surface area contributed by atoms with E-state index in [1.54, 1.807) is 0 Å². The number of rotatable bonds is 8. The van der Waals surface area contributed by atoms with Gasteiger partial charge in [-0.1, -0.05) is 30.3 Å². The monoisotopic (exact) mass is 390 g/mol. The topological polar surface area (TPSA) is 157 Å². The van der Waals surface area contributed by atoms with Gasteiger partial charge in [-0.2, -0.15) is 0 Å². The third-order valence-electron chi connectivity index (χ3n) is 3.79. The Balaban J connectivity index is 1.81.